The number of ether oxygens (including phenoxy) is 1. The molecule has 32 heavy (non-hydrogen) atoms. The Bertz CT molecular complexity index is 942. The van der Waals surface area contributed by atoms with Crippen molar-refractivity contribution in [3.05, 3.63) is 23.3 Å². The molecular weight excluding hydrogens is 412 g/mol. The number of carboxylic acid groups (broad SMARTS) is 1. The monoisotopic (exact) mass is 444 g/mol. The number of aliphatic hydroxyl groups is 2. The van der Waals surface area contributed by atoms with Crippen molar-refractivity contribution in [1.82, 2.24) is 0 Å². The minimum Gasteiger partial charge on any atom is -0.508 e. The van der Waals surface area contributed by atoms with E-state index in [1.807, 2.05) is 0 Å². The molecule has 0 heterocycles. The number of esters is 1. The highest BCUT2D eigenvalue weighted by Crippen LogP contribution is 2.64. The van der Waals surface area contributed by atoms with Crippen LogP contribution in [-0.2, 0) is 16.0 Å². The van der Waals surface area contributed by atoms with Crippen LogP contribution in [0, 0.1) is 29.6 Å². The summed E-state index contributed by atoms with van der Waals surface area (Å²) >= 11 is 0. The van der Waals surface area contributed by atoms with Gasteiger partial charge >= 0.3 is 5.97 Å². The predicted molar refractivity (Wildman–Crippen MR) is 117 cm³/mol. The number of hydrogen-bond acceptors (Lipinski definition) is 6. The number of carbonyl (C=O) groups is 2. The van der Waals surface area contributed by atoms with E-state index < -0.39 is 23.6 Å². The molecule has 1 aromatic rings. The molecule has 4 N–H and O–H groups in total. The number of phenolic OH excluding ortho intramolecular Hbond substituents is 1. The van der Waals surface area contributed by atoms with Gasteiger partial charge < -0.3 is 25.2 Å². The van der Waals surface area contributed by atoms with E-state index in [1.54, 1.807) is 6.07 Å². The minimum absolute atomic E-state index is 0.0637. The molecule has 4 rings (SSSR count). The number of carbonyl (C=O) groups excluding carboxylic acids is 1. The summed E-state index contributed by atoms with van der Waals surface area (Å²) in [4.78, 5) is 21.0. The van der Waals surface area contributed by atoms with Gasteiger partial charge in [0.2, 0.25) is 0 Å². The van der Waals surface area contributed by atoms with Gasteiger partial charge in [0.15, 0.2) is 0 Å². The second kappa shape index (κ2) is 8.76. The highest BCUT2D eigenvalue weighted by atomic mass is 16.5. The summed E-state index contributed by atoms with van der Waals surface area (Å²) in [6.07, 6.45) is 9.42. The number of phenols is 1. The van der Waals surface area contributed by atoms with E-state index in [1.165, 1.54) is 13.0 Å². The van der Waals surface area contributed by atoms with Crippen molar-refractivity contribution in [2.24, 2.45) is 17.3 Å². The van der Waals surface area contributed by atoms with Crippen LogP contribution in [0.3, 0.4) is 0 Å². The number of aromatic hydroxyl groups is 1. The Kier molecular flexibility index (Phi) is 6.60. The van der Waals surface area contributed by atoms with E-state index in [2.05, 4.69) is 12.8 Å². The number of benzene rings is 1. The molecule has 0 spiro atoms. The number of aryl methyl sites for hydroxylation is 1. The third-order valence-electron chi connectivity index (χ3n) is 7.71. The number of terminal acetylenes is 1. The first-order chi connectivity index (χ1) is 14.9. The normalized spacial score (nSPS) is 33.3. The number of carboxylic acids is 1. The topological polar surface area (TPSA) is 124 Å². The summed E-state index contributed by atoms with van der Waals surface area (Å²) in [5.41, 5.74) is 0.623. The van der Waals surface area contributed by atoms with E-state index in [4.69, 9.17) is 21.1 Å². The Morgan fingerprint density at radius 3 is 2.50 bits per heavy atom. The predicted octanol–water partition coefficient (Wildman–Crippen LogP) is 2.99. The highest BCUT2D eigenvalue weighted by molar-refractivity contribution is 5.77. The number of fused-ring (bicyclic) bond motifs is 5. The van der Waals surface area contributed by atoms with Gasteiger partial charge in [0.05, 0.1) is 0 Å². The van der Waals surface area contributed by atoms with Gasteiger partial charge in [-0.15, -0.1) is 6.42 Å². The fraction of sp³-hybridized carbons (Fsp3) is 0.600. The zero-order chi connectivity index (χ0) is 23.8. The average Bonchev–Trinajstić information content (AvgIpc) is 2.98. The second-order valence-electron chi connectivity index (χ2n) is 9.55. The summed E-state index contributed by atoms with van der Waals surface area (Å²) in [5, 5.41) is 38.1. The maximum absolute atomic E-state index is 12.0. The largest absolute Gasteiger partial charge is 0.508 e. The smallest absolute Gasteiger partial charge is 0.340 e. The average molecular weight is 445 g/mol. The molecule has 1 aromatic carbocycles. The molecule has 2 unspecified atom stereocenters. The fourth-order valence-electron chi connectivity index (χ4n) is 6.20. The van der Waals surface area contributed by atoms with E-state index in [-0.39, 0.29) is 17.1 Å². The van der Waals surface area contributed by atoms with Crippen molar-refractivity contribution in [3.63, 3.8) is 0 Å². The lowest BCUT2D eigenvalue weighted by molar-refractivity contribution is -0.142. The first-order valence-corrected chi connectivity index (χ1v) is 11.1. The maximum Gasteiger partial charge on any atom is 0.340 e. The van der Waals surface area contributed by atoms with E-state index >= 15 is 0 Å². The molecule has 0 aromatic heterocycles. The van der Waals surface area contributed by atoms with Crippen LogP contribution >= 0.6 is 0 Å². The van der Waals surface area contributed by atoms with Crippen molar-refractivity contribution in [1.29, 1.82) is 0 Å². The molecule has 174 valence electrons. The van der Waals surface area contributed by atoms with Gasteiger partial charge in [0.25, 0.3) is 5.97 Å². The zero-order valence-corrected chi connectivity index (χ0v) is 18.8. The molecule has 6 atom stereocenters. The van der Waals surface area contributed by atoms with E-state index in [0.717, 1.165) is 50.2 Å². The highest BCUT2D eigenvalue weighted by Gasteiger charge is 2.61. The third-order valence-corrected chi connectivity index (χ3v) is 7.71. The Balaban J connectivity index is 0.000000668. The van der Waals surface area contributed by atoms with Crippen LogP contribution in [0.4, 0.5) is 0 Å². The first-order valence-electron chi connectivity index (χ1n) is 11.1. The van der Waals surface area contributed by atoms with E-state index in [9.17, 15) is 20.1 Å². The molecular formula is C25H32O7. The van der Waals surface area contributed by atoms with Crippen LogP contribution in [0.5, 0.6) is 11.5 Å². The van der Waals surface area contributed by atoms with Gasteiger partial charge in [0.1, 0.15) is 23.2 Å². The lowest BCUT2D eigenvalue weighted by Crippen LogP contribution is -2.50. The second-order valence-corrected chi connectivity index (χ2v) is 9.55. The van der Waals surface area contributed by atoms with Crippen LogP contribution in [0.2, 0.25) is 0 Å². The molecule has 0 radical (unpaired) electrons. The molecule has 3 aliphatic rings. The van der Waals surface area contributed by atoms with Gasteiger partial charge in [-0.1, -0.05) is 12.8 Å². The van der Waals surface area contributed by atoms with Gasteiger partial charge in [-0.25, -0.2) is 4.79 Å². The van der Waals surface area contributed by atoms with Crippen LogP contribution in [-0.4, -0.2) is 44.1 Å². The molecule has 0 saturated heterocycles. The van der Waals surface area contributed by atoms with Crippen molar-refractivity contribution in [2.75, 3.05) is 0 Å². The van der Waals surface area contributed by atoms with Crippen molar-refractivity contribution >= 4 is 11.9 Å². The Hall–Kier alpha value is -2.56. The number of aliphatic hydroxyl groups excluding tert-OH is 1. The molecule has 2 fully saturated rings. The Morgan fingerprint density at radius 1 is 1.25 bits per heavy atom. The van der Waals surface area contributed by atoms with Crippen molar-refractivity contribution < 1.29 is 34.8 Å². The Labute approximate surface area is 188 Å². The van der Waals surface area contributed by atoms with Crippen LogP contribution in [0.1, 0.15) is 69.9 Å². The van der Waals surface area contributed by atoms with E-state index in [0.29, 0.717) is 24.0 Å². The summed E-state index contributed by atoms with van der Waals surface area (Å²) in [7, 11) is 0. The lowest BCUT2D eigenvalue weighted by atomic mass is 9.53. The van der Waals surface area contributed by atoms with Gasteiger partial charge in [-0.2, -0.15) is 0 Å². The Morgan fingerprint density at radius 2 is 1.91 bits per heavy atom. The SMILES string of the molecule is C#C[C@]1(O)CC[C@H]2[C@@H]3CCc4cc(O)cc(OC(=O)C(C)O)c4[C@H]3CCC21C.CC(=O)O. The number of aliphatic carboxylic acids is 1. The summed E-state index contributed by atoms with van der Waals surface area (Å²) in [6, 6.07) is 3.23. The summed E-state index contributed by atoms with van der Waals surface area (Å²) in [6.45, 7) is 4.58. The quantitative estimate of drug-likeness (QED) is 0.314. The van der Waals surface area contributed by atoms with Crippen LogP contribution in [0.15, 0.2) is 12.1 Å². The molecule has 0 aliphatic heterocycles. The fourth-order valence-corrected chi connectivity index (χ4v) is 6.20. The van der Waals surface area contributed by atoms with Gasteiger partial charge in [-0.3, -0.25) is 4.79 Å². The van der Waals surface area contributed by atoms with Gasteiger partial charge in [0, 0.05) is 24.0 Å². The lowest BCUT2D eigenvalue weighted by Gasteiger charge is -2.52. The standard InChI is InChI=1S/C23H28O5.C2H4O2/c1-4-23(27)10-8-18-16-6-5-14-11-15(25)12-19(28-21(26)13(2)24)20(14)17(16)7-9-22(18,23)3;1-2(3)4/h1,11-13,16-18,24-25,27H,5-10H2,2-3H3;1H3,(H,3,4)/t13?,16-,17+,18+,22?,23+;/m1./s1. The maximum atomic E-state index is 12.0. The van der Waals surface area contributed by atoms with Crippen LogP contribution in [0.25, 0.3) is 0 Å². The van der Waals surface area contributed by atoms with Gasteiger partial charge in [-0.05, 0) is 74.8 Å². The molecule has 7 nitrogen and oxygen atoms in total. The molecule has 3 aliphatic carbocycles. The number of rotatable bonds is 2. The first kappa shape index (κ1) is 24.1. The minimum atomic E-state index is -1.23. The van der Waals surface area contributed by atoms with Crippen LogP contribution < -0.4 is 4.74 Å². The summed E-state index contributed by atoms with van der Waals surface area (Å²) in [5.74, 6) is 2.39. The molecule has 7 heteroatoms. The molecule has 0 bridgehead atoms. The zero-order valence-electron chi connectivity index (χ0n) is 18.8. The van der Waals surface area contributed by atoms with Crippen molar-refractivity contribution in [3.8, 4) is 23.8 Å². The summed E-state index contributed by atoms with van der Waals surface area (Å²) < 4.78 is 5.47. The molecule has 2 saturated carbocycles. The third kappa shape index (κ3) is 4.10. The molecule has 0 amide bonds. The van der Waals surface area contributed by atoms with Crippen molar-refractivity contribution in [2.45, 2.75) is 76.9 Å². The number of hydrogen-bond donors (Lipinski definition) is 4.